The summed E-state index contributed by atoms with van der Waals surface area (Å²) in [5.74, 6) is -1.12. The van der Waals surface area contributed by atoms with Crippen LogP contribution in [0.4, 0.5) is 8.78 Å². The van der Waals surface area contributed by atoms with Gasteiger partial charge in [0.25, 0.3) is 0 Å². The Morgan fingerprint density at radius 1 is 1.27 bits per heavy atom. The van der Waals surface area contributed by atoms with E-state index in [1.807, 2.05) is 42.2 Å². The van der Waals surface area contributed by atoms with Gasteiger partial charge in [-0.05, 0) is 61.4 Å². The lowest BCUT2D eigenvalue weighted by Crippen LogP contribution is -2.39. The number of aryl methyl sites for hydroxylation is 2. The number of aliphatic hydroxyl groups excluding tert-OH is 1. The third-order valence-electron chi connectivity index (χ3n) is 6.27. The van der Waals surface area contributed by atoms with E-state index < -0.39 is 18.2 Å². The van der Waals surface area contributed by atoms with Crippen LogP contribution in [0.15, 0.2) is 42.5 Å². The molecular formula is C26H33F2NO4. The van der Waals surface area contributed by atoms with Crippen molar-refractivity contribution >= 4 is 5.97 Å². The molecule has 1 aliphatic heterocycles. The monoisotopic (exact) mass is 461 g/mol. The molecule has 5 nitrogen and oxygen atoms in total. The van der Waals surface area contributed by atoms with Crippen molar-refractivity contribution in [2.45, 2.75) is 64.0 Å². The number of rotatable bonds is 11. The number of carboxylic acid groups (broad SMARTS) is 1. The van der Waals surface area contributed by atoms with Crippen LogP contribution in [0.25, 0.3) is 0 Å². The fourth-order valence-electron chi connectivity index (χ4n) is 4.46. The maximum absolute atomic E-state index is 14.2. The molecule has 180 valence electrons. The summed E-state index contributed by atoms with van der Waals surface area (Å²) in [6.07, 6.45) is -0.759. The van der Waals surface area contributed by atoms with Gasteiger partial charge in [-0.25, -0.2) is 8.78 Å². The van der Waals surface area contributed by atoms with E-state index in [0.717, 1.165) is 16.7 Å². The van der Waals surface area contributed by atoms with Crippen molar-refractivity contribution in [1.29, 1.82) is 0 Å². The Kier molecular flexibility index (Phi) is 8.95. The molecule has 2 unspecified atom stereocenters. The Balaban J connectivity index is 1.54. The minimum atomic E-state index is -0.974. The summed E-state index contributed by atoms with van der Waals surface area (Å²) in [6.45, 7) is 4.17. The molecule has 2 aromatic carbocycles. The van der Waals surface area contributed by atoms with Gasteiger partial charge in [0.15, 0.2) is 0 Å². The first kappa shape index (κ1) is 25.3. The van der Waals surface area contributed by atoms with Gasteiger partial charge in [0.1, 0.15) is 12.0 Å². The lowest BCUT2D eigenvalue weighted by Gasteiger charge is -2.27. The number of likely N-dealkylation sites (tertiary alicyclic amines) is 1. The average molecular weight is 462 g/mol. The molecule has 7 heteroatoms. The van der Waals surface area contributed by atoms with Gasteiger partial charge in [0.05, 0.1) is 18.8 Å². The third kappa shape index (κ3) is 7.32. The third-order valence-corrected chi connectivity index (χ3v) is 6.27. The first-order valence-corrected chi connectivity index (χ1v) is 11.4. The molecule has 1 heterocycles. The molecule has 0 bridgehead atoms. The van der Waals surface area contributed by atoms with Crippen LogP contribution in [0, 0.1) is 12.7 Å². The van der Waals surface area contributed by atoms with Gasteiger partial charge in [0.2, 0.25) is 0 Å². The zero-order valence-corrected chi connectivity index (χ0v) is 19.2. The highest BCUT2D eigenvalue weighted by molar-refractivity contribution is 5.67. The van der Waals surface area contributed by atoms with Gasteiger partial charge in [-0.15, -0.1) is 0 Å². The van der Waals surface area contributed by atoms with Crippen LogP contribution in [0.1, 0.15) is 48.1 Å². The minimum absolute atomic E-state index is 0.0397. The van der Waals surface area contributed by atoms with E-state index in [2.05, 4.69) is 0 Å². The van der Waals surface area contributed by atoms with E-state index in [0.29, 0.717) is 24.8 Å². The number of hydrogen-bond donors (Lipinski definition) is 2. The maximum atomic E-state index is 14.2. The van der Waals surface area contributed by atoms with Crippen molar-refractivity contribution < 1.29 is 28.5 Å². The molecular weight excluding hydrogens is 428 g/mol. The Hall–Kier alpha value is -2.35. The first-order chi connectivity index (χ1) is 15.7. The summed E-state index contributed by atoms with van der Waals surface area (Å²) >= 11 is 0. The molecule has 1 saturated heterocycles. The fourth-order valence-corrected chi connectivity index (χ4v) is 4.46. The average Bonchev–Trinajstić information content (AvgIpc) is 3.11. The first-order valence-electron chi connectivity index (χ1n) is 11.4. The highest BCUT2D eigenvalue weighted by Gasteiger charge is 2.33. The molecule has 33 heavy (non-hydrogen) atoms. The summed E-state index contributed by atoms with van der Waals surface area (Å²) in [6, 6.07) is 12.5. The predicted molar refractivity (Wildman–Crippen MR) is 122 cm³/mol. The van der Waals surface area contributed by atoms with E-state index in [1.165, 1.54) is 6.07 Å². The van der Waals surface area contributed by atoms with Crippen molar-refractivity contribution in [3.05, 3.63) is 70.5 Å². The summed E-state index contributed by atoms with van der Waals surface area (Å²) in [7, 11) is 0. The molecule has 1 aliphatic rings. The van der Waals surface area contributed by atoms with Gasteiger partial charge in [-0.2, -0.15) is 0 Å². The van der Waals surface area contributed by atoms with Crippen LogP contribution in [-0.4, -0.2) is 59.1 Å². The van der Waals surface area contributed by atoms with Gasteiger partial charge in [-0.3, -0.25) is 9.69 Å². The maximum Gasteiger partial charge on any atom is 0.303 e. The van der Waals surface area contributed by atoms with Gasteiger partial charge < -0.3 is 14.9 Å². The predicted octanol–water partition coefficient (Wildman–Crippen LogP) is 4.24. The minimum Gasteiger partial charge on any atom is -0.481 e. The van der Waals surface area contributed by atoms with E-state index in [4.69, 9.17) is 9.84 Å². The SMILES string of the molecule is Cc1ccc(C[C@@H]2CC(F)CN2C[C@@H](O)COC(C)c2ccccc2CCC(=O)O)cc1F. The van der Waals surface area contributed by atoms with Crippen LogP contribution in [0.2, 0.25) is 0 Å². The number of halogens is 2. The van der Waals surface area contributed by atoms with Crippen LogP contribution in [-0.2, 0) is 22.4 Å². The van der Waals surface area contributed by atoms with Crippen LogP contribution < -0.4 is 0 Å². The molecule has 0 aromatic heterocycles. The normalized spacial score (nSPS) is 20.6. The molecule has 3 rings (SSSR count). The molecule has 4 atom stereocenters. The van der Waals surface area contributed by atoms with E-state index in [9.17, 15) is 18.7 Å². The number of aliphatic carboxylic acids is 1. The summed E-state index contributed by atoms with van der Waals surface area (Å²) in [4.78, 5) is 12.8. The Morgan fingerprint density at radius 2 is 2.03 bits per heavy atom. The lowest BCUT2D eigenvalue weighted by molar-refractivity contribution is -0.136. The molecule has 0 spiro atoms. The number of β-amino-alcohol motifs (C(OH)–C–C–N with tert-alkyl or cyclic N) is 1. The topological polar surface area (TPSA) is 70.0 Å². The fraction of sp³-hybridized carbons (Fsp3) is 0.500. The van der Waals surface area contributed by atoms with E-state index in [-0.39, 0.29) is 44.1 Å². The van der Waals surface area contributed by atoms with Crippen molar-refractivity contribution in [3.8, 4) is 0 Å². The van der Waals surface area contributed by atoms with Gasteiger partial charge in [-0.1, -0.05) is 36.4 Å². The Bertz CT molecular complexity index is 938. The lowest BCUT2D eigenvalue weighted by atomic mass is 9.99. The number of hydrogen-bond acceptors (Lipinski definition) is 4. The summed E-state index contributed by atoms with van der Waals surface area (Å²) < 4.78 is 33.9. The number of carboxylic acids is 1. The van der Waals surface area contributed by atoms with E-state index in [1.54, 1.807) is 13.0 Å². The number of carbonyl (C=O) groups is 1. The highest BCUT2D eigenvalue weighted by atomic mass is 19.1. The molecule has 0 saturated carbocycles. The Morgan fingerprint density at radius 3 is 2.76 bits per heavy atom. The van der Waals surface area contributed by atoms with Crippen LogP contribution >= 0.6 is 0 Å². The quantitative estimate of drug-likeness (QED) is 0.524. The van der Waals surface area contributed by atoms with E-state index >= 15 is 0 Å². The number of alkyl halides is 1. The van der Waals surface area contributed by atoms with Crippen LogP contribution in [0.3, 0.4) is 0 Å². The van der Waals surface area contributed by atoms with Gasteiger partial charge >= 0.3 is 5.97 Å². The Labute approximate surface area is 194 Å². The molecule has 1 fully saturated rings. The van der Waals surface area contributed by atoms with Gasteiger partial charge in [0, 0.05) is 25.6 Å². The molecule has 0 radical (unpaired) electrons. The second-order valence-electron chi connectivity index (χ2n) is 8.95. The zero-order chi connectivity index (χ0) is 24.0. The van der Waals surface area contributed by atoms with Crippen molar-refractivity contribution in [1.82, 2.24) is 4.90 Å². The van der Waals surface area contributed by atoms with Crippen LogP contribution in [0.5, 0.6) is 0 Å². The number of aliphatic hydroxyl groups is 1. The van der Waals surface area contributed by atoms with Crippen molar-refractivity contribution in [2.24, 2.45) is 0 Å². The largest absolute Gasteiger partial charge is 0.481 e. The van der Waals surface area contributed by atoms with Crippen molar-refractivity contribution in [2.75, 3.05) is 19.7 Å². The molecule has 0 amide bonds. The summed E-state index contributed by atoms with van der Waals surface area (Å²) in [5.41, 5.74) is 3.21. The summed E-state index contributed by atoms with van der Waals surface area (Å²) in [5, 5.41) is 19.5. The zero-order valence-electron chi connectivity index (χ0n) is 19.2. The molecule has 2 N–H and O–H groups in total. The smallest absolute Gasteiger partial charge is 0.303 e. The standard InChI is InChI=1S/C26H33F2NO4/c1-17-7-8-19(12-25(17)28)11-22-13-21(27)14-29(22)15-23(30)16-33-18(2)24-6-4-3-5-20(24)9-10-26(31)32/h3-8,12,18,21-23,30H,9-11,13-16H2,1-2H3,(H,31,32)/t18?,21?,22-,23-/m1/s1. The molecule has 2 aromatic rings. The second-order valence-corrected chi connectivity index (χ2v) is 8.95. The highest BCUT2D eigenvalue weighted by Crippen LogP contribution is 2.26. The number of nitrogens with zero attached hydrogens (tertiary/aromatic N) is 1. The number of benzene rings is 2. The van der Waals surface area contributed by atoms with Crippen molar-refractivity contribution in [3.63, 3.8) is 0 Å². The second kappa shape index (κ2) is 11.7. The molecule has 0 aliphatic carbocycles. The number of ether oxygens (including phenoxy) is 1.